The van der Waals surface area contributed by atoms with E-state index in [0.29, 0.717) is 23.8 Å². The Morgan fingerprint density at radius 2 is 2.05 bits per heavy atom. The van der Waals surface area contributed by atoms with Gasteiger partial charge >= 0.3 is 0 Å². The highest BCUT2D eigenvalue weighted by Gasteiger charge is 2.18. The number of carbonyl (C=O) groups is 1. The number of amides is 1. The van der Waals surface area contributed by atoms with Crippen molar-refractivity contribution in [3.63, 3.8) is 0 Å². The molecule has 21 heavy (non-hydrogen) atoms. The van der Waals surface area contributed by atoms with Crippen LogP contribution in [0.2, 0.25) is 0 Å². The van der Waals surface area contributed by atoms with Crippen LogP contribution in [0, 0.1) is 12.8 Å². The molecule has 0 saturated carbocycles. The average molecular weight is 292 g/mol. The summed E-state index contributed by atoms with van der Waals surface area (Å²) in [7, 11) is 3.19. The number of rotatable bonds is 5. The van der Waals surface area contributed by atoms with E-state index in [9.17, 15) is 4.79 Å². The Balaban J connectivity index is 2.02. The van der Waals surface area contributed by atoms with Crippen molar-refractivity contribution in [2.75, 3.05) is 32.6 Å². The highest BCUT2D eigenvalue weighted by atomic mass is 16.5. The van der Waals surface area contributed by atoms with Gasteiger partial charge in [-0.2, -0.15) is 0 Å². The molecule has 1 aromatic rings. The number of methoxy groups -OCH3 is 2. The monoisotopic (exact) mass is 292 g/mol. The first-order valence-electron chi connectivity index (χ1n) is 7.37. The molecule has 1 aromatic carbocycles. The Kier molecular flexibility index (Phi) is 5.44. The highest BCUT2D eigenvalue weighted by molar-refractivity contribution is 5.92. The van der Waals surface area contributed by atoms with E-state index in [2.05, 4.69) is 10.6 Å². The maximum atomic E-state index is 12.2. The second kappa shape index (κ2) is 7.31. The first-order valence-corrected chi connectivity index (χ1v) is 7.37. The largest absolute Gasteiger partial charge is 0.493 e. The smallest absolute Gasteiger partial charge is 0.224 e. The second-order valence-corrected chi connectivity index (χ2v) is 5.49. The molecular weight excluding hydrogens is 268 g/mol. The Bertz CT molecular complexity index is 497. The lowest BCUT2D eigenvalue weighted by atomic mass is 9.96. The molecule has 1 unspecified atom stereocenters. The number of aryl methyl sites for hydroxylation is 1. The van der Waals surface area contributed by atoms with Crippen LogP contribution in [0.5, 0.6) is 11.5 Å². The van der Waals surface area contributed by atoms with Crippen LogP contribution in [0.4, 0.5) is 5.69 Å². The van der Waals surface area contributed by atoms with Gasteiger partial charge in [0.15, 0.2) is 11.5 Å². The van der Waals surface area contributed by atoms with Crippen LogP contribution in [0.3, 0.4) is 0 Å². The first kappa shape index (κ1) is 15.6. The van der Waals surface area contributed by atoms with Gasteiger partial charge in [-0.3, -0.25) is 4.79 Å². The molecule has 0 aromatic heterocycles. The van der Waals surface area contributed by atoms with E-state index in [-0.39, 0.29) is 5.91 Å². The Hall–Kier alpha value is -1.75. The van der Waals surface area contributed by atoms with E-state index in [1.807, 2.05) is 19.1 Å². The average Bonchev–Trinajstić information content (AvgIpc) is 2.49. The van der Waals surface area contributed by atoms with Gasteiger partial charge in [-0.1, -0.05) is 0 Å². The Labute approximate surface area is 126 Å². The molecule has 116 valence electrons. The topological polar surface area (TPSA) is 59.6 Å². The fourth-order valence-corrected chi connectivity index (χ4v) is 2.68. The second-order valence-electron chi connectivity index (χ2n) is 5.49. The number of carbonyl (C=O) groups excluding carboxylic acids is 1. The number of piperidine rings is 1. The molecule has 1 amide bonds. The molecule has 1 heterocycles. The number of ether oxygens (including phenoxy) is 2. The summed E-state index contributed by atoms with van der Waals surface area (Å²) in [4.78, 5) is 12.2. The van der Waals surface area contributed by atoms with E-state index in [4.69, 9.17) is 9.47 Å². The number of hydrogen-bond donors (Lipinski definition) is 2. The zero-order chi connectivity index (χ0) is 15.2. The van der Waals surface area contributed by atoms with Crippen LogP contribution >= 0.6 is 0 Å². The molecule has 1 atom stereocenters. The van der Waals surface area contributed by atoms with Crippen molar-refractivity contribution in [1.82, 2.24) is 5.32 Å². The van der Waals surface area contributed by atoms with E-state index in [1.165, 1.54) is 0 Å². The molecule has 0 aliphatic carbocycles. The molecule has 1 saturated heterocycles. The van der Waals surface area contributed by atoms with E-state index >= 15 is 0 Å². The standard InChI is InChI=1S/C16H24N2O3/c1-11-7-14(20-2)15(21-3)9-13(11)18-16(19)8-12-5-4-6-17-10-12/h7,9,12,17H,4-6,8,10H2,1-3H3,(H,18,19). The fraction of sp³-hybridized carbons (Fsp3) is 0.562. The predicted octanol–water partition coefficient (Wildman–Crippen LogP) is 2.34. The minimum absolute atomic E-state index is 0.0546. The summed E-state index contributed by atoms with van der Waals surface area (Å²) in [5.41, 5.74) is 1.74. The molecule has 5 nitrogen and oxygen atoms in total. The summed E-state index contributed by atoms with van der Waals surface area (Å²) < 4.78 is 10.5. The number of benzene rings is 1. The Morgan fingerprint density at radius 1 is 1.33 bits per heavy atom. The minimum atomic E-state index is 0.0546. The third-order valence-corrected chi connectivity index (χ3v) is 3.88. The molecule has 0 bridgehead atoms. The maximum absolute atomic E-state index is 12.2. The number of hydrogen-bond acceptors (Lipinski definition) is 4. The molecule has 0 radical (unpaired) electrons. The minimum Gasteiger partial charge on any atom is -0.493 e. The first-order chi connectivity index (χ1) is 10.1. The lowest BCUT2D eigenvalue weighted by Gasteiger charge is -2.22. The van der Waals surface area contributed by atoms with Crippen molar-refractivity contribution in [1.29, 1.82) is 0 Å². The number of anilines is 1. The van der Waals surface area contributed by atoms with Crippen molar-refractivity contribution in [2.24, 2.45) is 5.92 Å². The Morgan fingerprint density at radius 3 is 2.67 bits per heavy atom. The van der Waals surface area contributed by atoms with Gasteiger partial charge in [0.25, 0.3) is 0 Å². The molecule has 2 N–H and O–H groups in total. The summed E-state index contributed by atoms with van der Waals surface area (Å²) >= 11 is 0. The van der Waals surface area contributed by atoms with Crippen LogP contribution in [0.25, 0.3) is 0 Å². The van der Waals surface area contributed by atoms with Crippen LogP contribution in [-0.2, 0) is 4.79 Å². The molecular formula is C16H24N2O3. The van der Waals surface area contributed by atoms with E-state index < -0.39 is 0 Å². The summed E-state index contributed by atoms with van der Waals surface area (Å²) in [6.45, 7) is 3.94. The quantitative estimate of drug-likeness (QED) is 0.874. The molecule has 1 aliphatic heterocycles. The fourth-order valence-electron chi connectivity index (χ4n) is 2.68. The normalized spacial score (nSPS) is 18.1. The molecule has 1 fully saturated rings. The third kappa shape index (κ3) is 4.11. The lowest BCUT2D eigenvalue weighted by Crippen LogP contribution is -2.32. The van der Waals surface area contributed by atoms with Gasteiger partial charge in [0.05, 0.1) is 14.2 Å². The zero-order valence-electron chi connectivity index (χ0n) is 13.0. The van der Waals surface area contributed by atoms with Crippen molar-refractivity contribution in [2.45, 2.75) is 26.2 Å². The van der Waals surface area contributed by atoms with Gasteiger partial charge in [0.2, 0.25) is 5.91 Å². The third-order valence-electron chi connectivity index (χ3n) is 3.88. The van der Waals surface area contributed by atoms with Crippen LogP contribution in [0.1, 0.15) is 24.8 Å². The van der Waals surface area contributed by atoms with Crippen LogP contribution in [0.15, 0.2) is 12.1 Å². The number of nitrogens with one attached hydrogen (secondary N) is 2. The van der Waals surface area contributed by atoms with Crippen molar-refractivity contribution < 1.29 is 14.3 Å². The SMILES string of the molecule is COc1cc(C)c(NC(=O)CC2CCCNC2)cc1OC. The summed E-state index contributed by atoms with van der Waals surface area (Å²) in [5, 5.41) is 6.31. The maximum Gasteiger partial charge on any atom is 0.224 e. The zero-order valence-corrected chi connectivity index (χ0v) is 13.0. The summed E-state index contributed by atoms with van der Waals surface area (Å²) in [6.07, 6.45) is 2.82. The molecule has 1 aliphatic rings. The van der Waals surface area contributed by atoms with Gasteiger partial charge < -0.3 is 20.1 Å². The van der Waals surface area contributed by atoms with Crippen molar-refractivity contribution in [3.8, 4) is 11.5 Å². The molecule has 5 heteroatoms. The van der Waals surface area contributed by atoms with Gasteiger partial charge in [-0.05, 0) is 50.4 Å². The summed E-state index contributed by atoms with van der Waals surface area (Å²) in [5.74, 6) is 1.78. The van der Waals surface area contributed by atoms with Gasteiger partial charge in [-0.15, -0.1) is 0 Å². The van der Waals surface area contributed by atoms with Gasteiger partial charge in [0, 0.05) is 18.2 Å². The predicted molar refractivity (Wildman–Crippen MR) is 83.1 cm³/mol. The highest BCUT2D eigenvalue weighted by Crippen LogP contribution is 2.33. The van der Waals surface area contributed by atoms with Gasteiger partial charge in [0.1, 0.15) is 0 Å². The van der Waals surface area contributed by atoms with E-state index in [1.54, 1.807) is 14.2 Å². The summed E-state index contributed by atoms with van der Waals surface area (Å²) in [6, 6.07) is 3.68. The lowest BCUT2D eigenvalue weighted by molar-refractivity contribution is -0.117. The van der Waals surface area contributed by atoms with E-state index in [0.717, 1.165) is 37.2 Å². The van der Waals surface area contributed by atoms with Gasteiger partial charge in [-0.25, -0.2) is 0 Å². The molecule has 0 spiro atoms. The van der Waals surface area contributed by atoms with Crippen LogP contribution < -0.4 is 20.1 Å². The van der Waals surface area contributed by atoms with Crippen molar-refractivity contribution >= 4 is 11.6 Å². The van der Waals surface area contributed by atoms with Crippen molar-refractivity contribution in [3.05, 3.63) is 17.7 Å². The molecule has 2 rings (SSSR count). The van der Waals surface area contributed by atoms with Crippen LogP contribution in [-0.4, -0.2) is 33.2 Å².